The van der Waals surface area contributed by atoms with E-state index in [1.807, 2.05) is 0 Å². The number of phenols is 1. The molecule has 0 aliphatic rings. The molecule has 0 unspecified atom stereocenters. The number of H-pyrrole nitrogens is 1. The van der Waals surface area contributed by atoms with Crippen LogP contribution in [0.2, 0.25) is 0 Å². The molecule has 2 atom stereocenters. The molecule has 6 N–H and O–H groups in total. The molecule has 3 rings (SSSR count). The van der Waals surface area contributed by atoms with Gasteiger partial charge in [-0.25, -0.2) is 4.79 Å². The SMILES string of the molecule is N[C@H](Cc1ccc(O)cc1)C(=O)N[C@@H](Cc1c[nH]c2c(C(F)(F)F)cccc12)C(=O)O. The van der Waals surface area contributed by atoms with E-state index in [9.17, 15) is 33.0 Å². The van der Waals surface area contributed by atoms with Crippen molar-refractivity contribution in [2.24, 2.45) is 5.73 Å². The number of halogens is 3. The van der Waals surface area contributed by atoms with Crippen LogP contribution in [-0.4, -0.2) is 39.2 Å². The van der Waals surface area contributed by atoms with Crippen molar-refractivity contribution in [3.8, 4) is 5.75 Å². The average molecular weight is 435 g/mol. The van der Waals surface area contributed by atoms with Crippen molar-refractivity contribution in [1.82, 2.24) is 10.3 Å². The fourth-order valence-corrected chi connectivity index (χ4v) is 3.29. The number of hydrogen-bond acceptors (Lipinski definition) is 4. The van der Waals surface area contributed by atoms with Gasteiger partial charge in [-0.3, -0.25) is 4.79 Å². The van der Waals surface area contributed by atoms with E-state index < -0.39 is 35.7 Å². The molecule has 0 radical (unpaired) electrons. The van der Waals surface area contributed by atoms with Crippen molar-refractivity contribution in [3.63, 3.8) is 0 Å². The maximum atomic E-state index is 13.2. The molecular formula is C21H20F3N3O4. The Morgan fingerprint density at radius 3 is 2.39 bits per heavy atom. The number of carboxylic acids is 1. The number of carbonyl (C=O) groups excluding carboxylic acids is 1. The molecule has 1 heterocycles. The highest BCUT2D eigenvalue weighted by atomic mass is 19.4. The highest BCUT2D eigenvalue weighted by Gasteiger charge is 2.33. The number of amides is 1. The van der Waals surface area contributed by atoms with Crippen molar-refractivity contribution < 1.29 is 33.0 Å². The lowest BCUT2D eigenvalue weighted by atomic mass is 10.0. The first-order valence-electron chi connectivity index (χ1n) is 9.29. The first kappa shape index (κ1) is 22.2. The summed E-state index contributed by atoms with van der Waals surface area (Å²) in [5.74, 6) is -2.00. The average Bonchev–Trinajstić information content (AvgIpc) is 3.11. The van der Waals surface area contributed by atoms with Crippen LogP contribution in [0.5, 0.6) is 5.75 Å². The molecule has 0 aliphatic carbocycles. The topological polar surface area (TPSA) is 128 Å². The summed E-state index contributed by atoms with van der Waals surface area (Å²) in [4.78, 5) is 26.6. The summed E-state index contributed by atoms with van der Waals surface area (Å²) in [6.07, 6.45) is -3.38. The number of para-hydroxylation sites is 1. The quantitative estimate of drug-likeness (QED) is 0.390. The number of nitrogens with two attached hydrogens (primary N) is 1. The molecule has 10 heteroatoms. The first-order chi connectivity index (χ1) is 14.6. The summed E-state index contributed by atoms with van der Waals surface area (Å²) in [5, 5.41) is 21.4. The molecule has 1 amide bonds. The van der Waals surface area contributed by atoms with Crippen LogP contribution < -0.4 is 11.1 Å². The van der Waals surface area contributed by atoms with Crippen molar-refractivity contribution in [1.29, 1.82) is 0 Å². The molecule has 0 spiro atoms. The molecule has 2 aromatic carbocycles. The molecule has 0 saturated heterocycles. The maximum absolute atomic E-state index is 13.2. The van der Waals surface area contributed by atoms with Crippen molar-refractivity contribution in [3.05, 3.63) is 65.4 Å². The monoisotopic (exact) mass is 435 g/mol. The van der Waals surface area contributed by atoms with Crippen LogP contribution in [0.25, 0.3) is 10.9 Å². The van der Waals surface area contributed by atoms with Crippen LogP contribution in [0.15, 0.2) is 48.7 Å². The summed E-state index contributed by atoms with van der Waals surface area (Å²) in [7, 11) is 0. The minimum absolute atomic E-state index is 0.0557. The van der Waals surface area contributed by atoms with Crippen LogP contribution in [0.1, 0.15) is 16.7 Å². The molecule has 0 aliphatic heterocycles. The van der Waals surface area contributed by atoms with E-state index in [2.05, 4.69) is 10.3 Å². The van der Waals surface area contributed by atoms with Gasteiger partial charge in [-0.2, -0.15) is 13.2 Å². The van der Waals surface area contributed by atoms with Gasteiger partial charge in [0.2, 0.25) is 5.91 Å². The van der Waals surface area contributed by atoms with Gasteiger partial charge < -0.3 is 26.2 Å². The summed E-state index contributed by atoms with van der Waals surface area (Å²) in [6.45, 7) is 0. The number of benzene rings is 2. The Hall–Kier alpha value is -3.53. The Bertz CT molecular complexity index is 1090. The Labute approximate surface area is 174 Å². The van der Waals surface area contributed by atoms with Crippen LogP contribution in [0, 0.1) is 0 Å². The van der Waals surface area contributed by atoms with E-state index in [1.54, 1.807) is 12.1 Å². The fourth-order valence-electron chi connectivity index (χ4n) is 3.29. The van der Waals surface area contributed by atoms with Crippen molar-refractivity contribution in [2.75, 3.05) is 0 Å². The lowest BCUT2D eigenvalue weighted by molar-refractivity contribution is -0.142. The molecule has 7 nitrogen and oxygen atoms in total. The largest absolute Gasteiger partial charge is 0.508 e. The molecule has 1 aromatic heterocycles. The summed E-state index contributed by atoms with van der Waals surface area (Å²) in [6, 6.07) is 7.23. The second-order valence-corrected chi connectivity index (χ2v) is 7.12. The van der Waals surface area contributed by atoms with E-state index in [1.165, 1.54) is 30.5 Å². The molecule has 3 aromatic rings. The molecule has 164 valence electrons. The van der Waals surface area contributed by atoms with Crippen LogP contribution in [0.4, 0.5) is 13.2 Å². The van der Waals surface area contributed by atoms with E-state index in [-0.39, 0.29) is 29.5 Å². The van der Waals surface area contributed by atoms with Crippen LogP contribution >= 0.6 is 0 Å². The van der Waals surface area contributed by atoms with Gasteiger partial charge in [0.15, 0.2) is 0 Å². The maximum Gasteiger partial charge on any atom is 0.418 e. The van der Waals surface area contributed by atoms with Crippen molar-refractivity contribution >= 4 is 22.8 Å². The Balaban J connectivity index is 1.75. The third-order valence-electron chi connectivity index (χ3n) is 4.87. The van der Waals surface area contributed by atoms with Gasteiger partial charge in [-0.1, -0.05) is 24.3 Å². The predicted octanol–water partition coefficient (Wildman–Crippen LogP) is 2.57. The van der Waals surface area contributed by atoms with Crippen LogP contribution in [0.3, 0.4) is 0 Å². The smallest absolute Gasteiger partial charge is 0.418 e. The van der Waals surface area contributed by atoms with Gasteiger partial charge in [0.05, 0.1) is 17.1 Å². The third-order valence-corrected chi connectivity index (χ3v) is 4.87. The number of phenolic OH excluding ortho intramolecular Hbond substituents is 1. The minimum atomic E-state index is -4.57. The van der Waals surface area contributed by atoms with Gasteiger partial charge in [0, 0.05) is 18.0 Å². The van der Waals surface area contributed by atoms with Gasteiger partial charge >= 0.3 is 12.1 Å². The summed E-state index contributed by atoms with van der Waals surface area (Å²) >= 11 is 0. The number of aliphatic carboxylic acids is 1. The summed E-state index contributed by atoms with van der Waals surface area (Å²) in [5.41, 5.74) is 5.85. The minimum Gasteiger partial charge on any atom is -0.508 e. The van der Waals surface area contributed by atoms with E-state index in [0.29, 0.717) is 11.1 Å². The zero-order valence-corrected chi connectivity index (χ0v) is 16.1. The number of nitrogens with one attached hydrogen (secondary N) is 2. The van der Waals surface area contributed by atoms with Gasteiger partial charge in [-0.05, 0) is 35.7 Å². The highest BCUT2D eigenvalue weighted by Crippen LogP contribution is 2.35. The predicted molar refractivity (Wildman–Crippen MR) is 106 cm³/mol. The fraction of sp³-hybridized carbons (Fsp3) is 0.238. The van der Waals surface area contributed by atoms with Crippen LogP contribution in [-0.2, 0) is 28.6 Å². The molecule has 0 saturated carbocycles. The number of carboxylic acid groups (broad SMARTS) is 1. The summed E-state index contributed by atoms with van der Waals surface area (Å²) < 4.78 is 39.5. The zero-order chi connectivity index (χ0) is 22.8. The number of fused-ring (bicyclic) bond motifs is 1. The van der Waals surface area contributed by atoms with E-state index >= 15 is 0 Å². The zero-order valence-electron chi connectivity index (χ0n) is 16.1. The first-order valence-corrected chi connectivity index (χ1v) is 9.29. The normalized spacial score (nSPS) is 13.7. The molecule has 0 bridgehead atoms. The number of hydrogen-bond donors (Lipinski definition) is 5. The molecule has 0 fully saturated rings. The number of carbonyl (C=O) groups is 2. The standard InChI is InChI=1S/C21H20F3N3O4/c22-21(23,24)15-3-1-2-14-12(10-26-18(14)15)9-17(20(30)31)27-19(29)16(25)8-11-4-6-13(28)7-5-11/h1-7,10,16-17,26,28H,8-9,25H2,(H,27,29)(H,30,31)/t16-,17+/m1/s1. The molecule has 31 heavy (non-hydrogen) atoms. The number of aromatic hydroxyl groups is 1. The lowest BCUT2D eigenvalue weighted by Crippen LogP contribution is -2.50. The van der Waals surface area contributed by atoms with Gasteiger partial charge in [0.1, 0.15) is 11.8 Å². The molecular weight excluding hydrogens is 415 g/mol. The number of rotatable bonds is 7. The highest BCUT2D eigenvalue weighted by molar-refractivity contribution is 5.89. The third kappa shape index (κ3) is 5.15. The number of alkyl halides is 3. The van der Waals surface area contributed by atoms with E-state index in [0.717, 1.165) is 6.07 Å². The lowest BCUT2D eigenvalue weighted by Gasteiger charge is -2.18. The van der Waals surface area contributed by atoms with Gasteiger partial charge in [-0.15, -0.1) is 0 Å². The van der Waals surface area contributed by atoms with Crippen molar-refractivity contribution in [2.45, 2.75) is 31.1 Å². The number of aromatic amines is 1. The number of aromatic nitrogens is 1. The Morgan fingerprint density at radius 1 is 1.10 bits per heavy atom. The Morgan fingerprint density at radius 2 is 1.77 bits per heavy atom. The second kappa shape index (κ2) is 8.68. The Kier molecular flexibility index (Phi) is 6.21. The van der Waals surface area contributed by atoms with E-state index in [4.69, 9.17) is 5.73 Å². The van der Waals surface area contributed by atoms with Gasteiger partial charge in [0.25, 0.3) is 0 Å². The second-order valence-electron chi connectivity index (χ2n) is 7.12.